The third kappa shape index (κ3) is 5.28. The van der Waals surface area contributed by atoms with E-state index in [2.05, 4.69) is 20.3 Å². The second kappa shape index (κ2) is 9.46. The molecule has 0 fully saturated rings. The number of aromatic nitrogens is 2. The number of hydrogen-bond acceptors (Lipinski definition) is 7. The lowest BCUT2D eigenvalue weighted by atomic mass is 10.3. The van der Waals surface area contributed by atoms with Crippen LogP contribution in [0.2, 0.25) is 0 Å². The van der Waals surface area contributed by atoms with Crippen LogP contribution < -0.4 is 16.2 Å². The van der Waals surface area contributed by atoms with Gasteiger partial charge in [0.25, 0.3) is 0 Å². The molecule has 0 aliphatic carbocycles. The third-order valence-corrected chi connectivity index (χ3v) is 2.79. The summed E-state index contributed by atoms with van der Waals surface area (Å²) in [7, 11) is 0. The number of hydrogen-bond donors (Lipinski definition) is 2. The third-order valence-electron chi connectivity index (χ3n) is 2.79. The molecular formula is C13H25N5O2. The number of nitrogens with two attached hydrogens (primary N) is 1. The maximum atomic E-state index is 5.42. The lowest BCUT2D eigenvalue weighted by molar-refractivity contribution is 0.141. The van der Waals surface area contributed by atoms with Crippen molar-refractivity contribution in [2.75, 3.05) is 49.8 Å². The van der Waals surface area contributed by atoms with Crippen molar-refractivity contribution in [1.82, 2.24) is 9.97 Å². The molecule has 114 valence electrons. The first kappa shape index (κ1) is 16.6. The van der Waals surface area contributed by atoms with Crippen molar-refractivity contribution in [3.05, 3.63) is 11.8 Å². The Morgan fingerprint density at radius 1 is 1.20 bits per heavy atom. The predicted octanol–water partition coefficient (Wildman–Crippen LogP) is 0.950. The topological polar surface area (TPSA) is 85.5 Å². The highest BCUT2D eigenvalue weighted by Crippen LogP contribution is 2.17. The van der Waals surface area contributed by atoms with E-state index in [1.807, 2.05) is 20.8 Å². The van der Waals surface area contributed by atoms with Crippen molar-refractivity contribution < 1.29 is 9.47 Å². The van der Waals surface area contributed by atoms with Crippen molar-refractivity contribution in [2.24, 2.45) is 5.84 Å². The molecule has 0 spiro atoms. The molecule has 3 N–H and O–H groups in total. The minimum absolute atomic E-state index is 0.406. The number of hydrazine groups is 1. The maximum Gasteiger partial charge on any atom is 0.239 e. The fourth-order valence-electron chi connectivity index (χ4n) is 1.78. The molecule has 7 nitrogen and oxygen atoms in total. The van der Waals surface area contributed by atoms with Crippen molar-refractivity contribution in [3.63, 3.8) is 0 Å². The summed E-state index contributed by atoms with van der Waals surface area (Å²) in [6, 6.07) is 0. The Labute approximate surface area is 120 Å². The molecule has 1 aromatic heterocycles. The van der Waals surface area contributed by atoms with Gasteiger partial charge in [-0.1, -0.05) is 0 Å². The Balaban J connectivity index is 2.78. The summed E-state index contributed by atoms with van der Waals surface area (Å²) in [5.74, 6) is 6.63. The second-order valence-electron chi connectivity index (χ2n) is 4.23. The van der Waals surface area contributed by atoms with Crippen LogP contribution in [-0.4, -0.2) is 49.5 Å². The van der Waals surface area contributed by atoms with Gasteiger partial charge in [-0.15, -0.1) is 0 Å². The molecule has 1 rings (SSSR count). The highest BCUT2D eigenvalue weighted by molar-refractivity contribution is 5.48. The van der Waals surface area contributed by atoms with Gasteiger partial charge in [-0.25, -0.2) is 10.8 Å². The van der Waals surface area contributed by atoms with Crippen LogP contribution in [0, 0.1) is 6.92 Å². The Bertz CT molecular complexity index is 379. The first-order valence-corrected chi connectivity index (χ1v) is 6.93. The molecule has 0 atom stereocenters. The smallest absolute Gasteiger partial charge is 0.239 e. The van der Waals surface area contributed by atoms with Crippen molar-refractivity contribution in [3.8, 4) is 0 Å². The van der Waals surface area contributed by atoms with E-state index < -0.39 is 0 Å². The minimum Gasteiger partial charge on any atom is -0.380 e. The van der Waals surface area contributed by atoms with E-state index in [1.54, 1.807) is 6.20 Å². The molecule has 0 aliphatic rings. The van der Waals surface area contributed by atoms with Gasteiger partial charge in [-0.2, -0.15) is 4.98 Å². The number of nitrogen functional groups attached to an aromatic ring is 1. The predicted molar refractivity (Wildman–Crippen MR) is 79.8 cm³/mol. The van der Waals surface area contributed by atoms with E-state index in [9.17, 15) is 0 Å². The molecule has 20 heavy (non-hydrogen) atoms. The highest BCUT2D eigenvalue weighted by Gasteiger charge is 2.12. The van der Waals surface area contributed by atoms with Gasteiger partial charge < -0.3 is 14.4 Å². The minimum atomic E-state index is 0.406. The average Bonchev–Trinajstić information content (AvgIpc) is 2.47. The van der Waals surface area contributed by atoms with Gasteiger partial charge in [0, 0.05) is 38.1 Å². The van der Waals surface area contributed by atoms with Crippen LogP contribution in [-0.2, 0) is 9.47 Å². The van der Waals surface area contributed by atoms with E-state index in [0.29, 0.717) is 32.4 Å². The zero-order chi connectivity index (χ0) is 14.8. The zero-order valence-corrected chi connectivity index (χ0v) is 12.6. The van der Waals surface area contributed by atoms with Gasteiger partial charge >= 0.3 is 0 Å². The quantitative estimate of drug-likeness (QED) is 0.375. The molecule has 0 aliphatic heterocycles. The summed E-state index contributed by atoms with van der Waals surface area (Å²) >= 11 is 0. The van der Waals surface area contributed by atoms with E-state index >= 15 is 0 Å². The number of nitrogens with one attached hydrogen (secondary N) is 1. The lowest BCUT2D eigenvalue weighted by Crippen LogP contribution is -2.33. The lowest BCUT2D eigenvalue weighted by Gasteiger charge is -2.25. The Kier molecular flexibility index (Phi) is 7.86. The van der Waals surface area contributed by atoms with Crippen LogP contribution in [0.15, 0.2) is 6.20 Å². The van der Waals surface area contributed by atoms with Gasteiger partial charge in [0.05, 0.1) is 13.2 Å². The SMILES string of the molecule is CCOCCN(CCOCC)c1nc(NN)ncc1C. The van der Waals surface area contributed by atoms with E-state index in [1.165, 1.54) is 0 Å². The first-order valence-electron chi connectivity index (χ1n) is 6.93. The Morgan fingerprint density at radius 2 is 1.80 bits per heavy atom. The van der Waals surface area contributed by atoms with Crippen LogP contribution in [0.4, 0.5) is 11.8 Å². The van der Waals surface area contributed by atoms with Gasteiger partial charge in [0.2, 0.25) is 5.95 Å². The average molecular weight is 283 g/mol. The fourth-order valence-corrected chi connectivity index (χ4v) is 1.78. The van der Waals surface area contributed by atoms with Gasteiger partial charge in [0.15, 0.2) is 0 Å². The van der Waals surface area contributed by atoms with Crippen molar-refractivity contribution >= 4 is 11.8 Å². The molecule has 1 aromatic rings. The van der Waals surface area contributed by atoms with Gasteiger partial charge in [0.1, 0.15) is 5.82 Å². The molecule has 0 aromatic carbocycles. The van der Waals surface area contributed by atoms with E-state index in [0.717, 1.165) is 24.5 Å². The second-order valence-corrected chi connectivity index (χ2v) is 4.23. The van der Waals surface area contributed by atoms with Crippen molar-refractivity contribution in [1.29, 1.82) is 0 Å². The molecule has 0 unspecified atom stereocenters. The van der Waals surface area contributed by atoms with Gasteiger partial charge in [-0.05, 0) is 20.8 Å². The highest BCUT2D eigenvalue weighted by atomic mass is 16.5. The van der Waals surface area contributed by atoms with Crippen LogP contribution in [0.5, 0.6) is 0 Å². The fraction of sp³-hybridized carbons (Fsp3) is 0.692. The molecule has 1 heterocycles. The zero-order valence-electron chi connectivity index (χ0n) is 12.6. The molecule has 0 radical (unpaired) electrons. The number of nitrogens with zero attached hydrogens (tertiary/aromatic N) is 3. The first-order chi connectivity index (χ1) is 9.72. The molecule has 0 amide bonds. The van der Waals surface area contributed by atoms with E-state index in [-0.39, 0.29) is 0 Å². The number of ether oxygens (including phenoxy) is 2. The van der Waals surface area contributed by atoms with Crippen LogP contribution in [0.3, 0.4) is 0 Å². The van der Waals surface area contributed by atoms with Crippen molar-refractivity contribution in [2.45, 2.75) is 20.8 Å². The molecule has 7 heteroatoms. The Morgan fingerprint density at radius 3 is 2.30 bits per heavy atom. The maximum absolute atomic E-state index is 5.42. The molecule has 0 bridgehead atoms. The summed E-state index contributed by atoms with van der Waals surface area (Å²) in [5, 5.41) is 0. The van der Waals surface area contributed by atoms with Crippen LogP contribution in [0.25, 0.3) is 0 Å². The van der Waals surface area contributed by atoms with E-state index in [4.69, 9.17) is 15.3 Å². The molecule has 0 saturated carbocycles. The van der Waals surface area contributed by atoms with Gasteiger partial charge in [-0.3, -0.25) is 5.43 Å². The summed E-state index contributed by atoms with van der Waals surface area (Å²) in [4.78, 5) is 10.6. The Hall–Kier alpha value is -1.44. The molecule has 0 saturated heterocycles. The van der Waals surface area contributed by atoms with Crippen LogP contribution >= 0.6 is 0 Å². The number of aryl methyl sites for hydroxylation is 1. The number of anilines is 2. The number of rotatable bonds is 10. The molecular weight excluding hydrogens is 258 g/mol. The normalized spacial score (nSPS) is 10.6. The van der Waals surface area contributed by atoms with Crippen LogP contribution in [0.1, 0.15) is 19.4 Å². The summed E-state index contributed by atoms with van der Waals surface area (Å²) < 4.78 is 10.8. The largest absolute Gasteiger partial charge is 0.380 e. The standard InChI is InChI=1S/C13H25N5O2/c1-4-19-8-6-18(7-9-20-5-2)12-11(3)10-15-13(16-12)17-14/h10H,4-9,14H2,1-3H3,(H,15,16,17). The summed E-state index contributed by atoms with van der Waals surface area (Å²) in [6.45, 7) is 10.2. The summed E-state index contributed by atoms with van der Waals surface area (Å²) in [6.07, 6.45) is 1.76. The summed E-state index contributed by atoms with van der Waals surface area (Å²) in [5.41, 5.74) is 3.47. The monoisotopic (exact) mass is 283 g/mol.